The number of Topliss-reactive ketones (excluding diaryl/α,β-unsaturated/α-hetero) is 1. The first-order valence-corrected chi connectivity index (χ1v) is 10.8. The zero-order chi connectivity index (χ0) is 23.3. The molecule has 5 rings (SSSR count). The maximum absolute atomic E-state index is 14.9. The Kier molecular flexibility index (Phi) is 5.06. The average molecular weight is 444 g/mol. The number of anilines is 1. The van der Waals surface area contributed by atoms with Gasteiger partial charge in [-0.25, -0.2) is 4.39 Å². The summed E-state index contributed by atoms with van der Waals surface area (Å²) in [6.07, 6.45) is 3.97. The molecule has 3 atom stereocenters. The third kappa shape index (κ3) is 3.60. The fraction of sp³-hybridized carbons (Fsp3) is 0.280. The number of benzene rings is 2. The second kappa shape index (κ2) is 7.94. The number of nitrogens with zero attached hydrogens (tertiary/aromatic N) is 2. The van der Waals surface area contributed by atoms with E-state index in [4.69, 9.17) is 0 Å². The van der Waals surface area contributed by atoms with Gasteiger partial charge >= 0.3 is 0 Å². The molecule has 2 N–H and O–H groups in total. The summed E-state index contributed by atoms with van der Waals surface area (Å²) in [6.45, 7) is 0. The molecule has 0 saturated heterocycles. The van der Waals surface area contributed by atoms with E-state index in [1.54, 1.807) is 30.3 Å². The Balaban J connectivity index is 1.31. The maximum Gasteiger partial charge on any atom is 0.299 e. The second-order valence-electron chi connectivity index (χ2n) is 8.61. The van der Waals surface area contributed by atoms with Gasteiger partial charge in [0.15, 0.2) is 0 Å². The van der Waals surface area contributed by atoms with Gasteiger partial charge in [-0.05, 0) is 53.3 Å². The van der Waals surface area contributed by atoms with Gasteiger partial charge in [0.1, 0.15) is 17.9 Å². The first-order valence-electron chi connectivity index (χ1n) is 10.8. The number of nitriles is 1. The summed E-state index contributed by atoms with van der Waals surface area (Å²) in [5, 5.41) is 15.4. The lowest BCUT2D eigenvalue weighted by atomic mass is 9.98. The highest BCUT2D eigenvalue weighted by molar-refractivity contribution is 6.52. The molecule has 33 heavy (non-hydrogen) atoms. The van der Waals surface area contributed by atoms with E-state index in [0.29, 0.717) is 27.9 Å². The largest absolute Gasteiger partial charge is 0.338 e. The zero-order valence-electron chi connectivity index (χ0n) is 17.9. The Morgan fingerprint density at radius 2 is 2.03 bits per heavy atom. The van der Waals surface area contributed by atoms with Crippen LogP contribution in [0.2, 0.25) is 0 Å². The van der Waals surface area contributed by atoms with Gasteiger partial charge in [-0.15, -0.1) is 0 Å². The average Bonchev–Trinajstić information content (AvgIpc) is 3.51. The molecule has 0 spiro atoms. The fourth-order valence-corrected chi connectivity index (χ4v) is 4.74. The van der Waals surface area contributed by atoms with E-state index >= 15 is 0 Å². The Labute approximate surface area is 189 Å². The van der Waals surface area contributed by atoms with E-state index in [-0.39, 0.29) is 18.4 Å². The zero-order valence-corrected chi connectivity index (χ0v) is 17.9. The summed E-state index contributed by atoms with van der Waals surface area (Å²) < 4.78 is 14.9. The molecule has 2 amide bonds. The molecule has 166 valence electrons. The van der Waals surface area contributed by atoms with Crippen LogP contribution in [0.3, 0.4) is 0 Å². The van der Waals surface area contributed by atoms with E-state index < -0.39 is 29.6 Å². The van der Waals surface area contributed by atoms with Crippen LogP contribution in [0.4, 0.5) is 10.1 Å². The van der Waals surface area contributed by atoms with Crippen LogP contribution in [-0.2, 0) is 16.0 Å². The van der Waals surface area contributed by atoms with Gasteiger partial charge in [0.05, 0.1) is 17.3 Å². The molecule has 1 aliphatic carbocycles. The van der Waals surface area contributed by atoms with Crippen molar-refractivity contribution in [3.8, 4) is 17.2 Å². The van der Waals surface area contributed by atoms with Crippen molar-refractivity contribution in [2.45, 2.75) is 37.4 Å². The highest BCUT2D eigenvalue weighted by Crippen LogP contribution is 2.33. The molecule has 0 fully saturated rings. The predicted molar refractivity (Wildman–Crippen MR) is 119 cm³/mol. The Morgan fingerprint density at radius 3 is 2.70 bits per heavy atom. The normalized spacial score (nSPS) is 21.6. The minimum absolute atomic E-state index is 0.0411. The van der Waals surface area contributed by atoms with Gasteiger partial charge in [-0.1, -0.05) is 24.3 Å². The van der Waals surface area contributed by atoms with Crippen LogP contribution in [0.15, 0.2) is 48.0 Å². The van der Waals surface area contributed by atoms with Gasteiger partial charge in [0.25, 0.3) is 11.7 Å². The van der Waals surface area contributed by atoms with Crippen molar-refractivity contribution in [2.75, 3.05) is 11.9 Å². The number of nitrogens with one attached hydrogen (secondary N) is 2. The first-order chi connectivity index (χ1) is 15.9. The number of rotatable bonds is 5. The van der Waals surface area contributed by atoms with Crippen LogP contribution in [-0.4, -0.2) is 42.8 Å². The number of carbonyl (C=O) groups excluding carboxylic acids is 3. The van der Waals surface area contributed by atoms with E-state index in [2.05, 4.69) is 16.7 Å². The lowest BCUT2D eigenvalue weighted by Crippen LogP contribution is -2.50. The van der Waals surface area contributed by atoms with E-state index in [1.165, 1.54) is 18.0 Å². The van der Waals surface area contributed by atoms with Crippen molar-refractivity contribution in [2.24, 2.45) is 0 Å². The van der Waals surface area contributed by atoms with Gasteiger partial charge in [-0.3, -0.25) is 19.7 Å². The van der Waals surface area contributed by atoms with Crippen molar-refractivity contribution in [1.29, 1.82) is 5.26 Å². The minimum Gasteiger partial charge on any atom is -0.338 e. The van der Waals surface area contributed by atoms with Crippen molar-refractivity contribution < 1.29 is 18.8 Å². The van der Waals surface area contributed by atoms with Crippen molar-refractivity contribution in [1.82, 2.24) is 10.6 Å². The van der Waals surface area contributed by atoms with Gasteiger partial charge in [-0.2, -0.15) is 5.26 Å². The summed E-state index contributed by atoms with van der Waals surface area (Å²) in [5.41, 5.74) is 3.42. The van der Waals surface area contributed by atoms with E-state index in [9.17, 15) is 24.0 Å². The molecular weight excluding hydrogens is 423 g/mol. The molecule has 0 radical (unpaired) electrons. The van der Waals surface area contributed by atoms with Crippen molar-refractivity contribution in [3.05, 3.63) is 65.0 Å². The highest BCUT2D eigenvalue weighted by atomic mass is 19.1. The quantitative estimate of drug-likeness (QED) is 0.544. The molecule has 2 heterocycles. The molecule has 0 aromatic heterocycles. The van der Waals surface area contributed by atoms with Crippen molar-refractivity contribution in [3.63, 3.8) is 0 Å². The lowest BCUT2D eigenvalue weighted by Gasteiger charge is -2.23. The number of halogens is 1. The highest BCUT2D eigenvalue weighted by Gasteiger charge is 2.36. The number of fused-ring (bicyclic) bond motifs is 2. The molecule has 3 unspecified atom stereocenters. The summed E-state index contributed by atoms with van der Waals surface area (Å²) in [4.78, 5) is 37.7. The number of ketones is 1. The molecule has 2 aromatic carbocycles. The van der Waals surface area contributed by atoms with Crippen LogP contribution < -0.4 is 15.5 Å². The van der Waals surface area contributed by atoms with Crippen LogP contribution in [0, 0.1) is 17.1 Å². The van der Waals surface area contributed by atoms with Gasteiger partial charge in [0, 0.05) is 19.5 Å². The summed E-state index contributed by atoms with van der Waals surface area (Å²) in [5.74, 6) is -1.91. The Hall–Kier alpha value is -3.83. The minimum atomic E-state index is -0.856. The molecule has 2 aromatic rings. The summed E-state index contributed by atoms with van der Waals surface area (Å²) >= 11 is 0. The Bertz CT molecular complexity index is 1280. The standard InChI is InChI=1S/C25H21FN4O3/c1-30-21-11-14(5-7-19(21)23(31)25(30)33)13-2-3-15(20(26)10-13)8-18(12-27)29-24(32)22-16-4-6-17(9-16)28-22/h2-3,5,7,9-11,17-18,22,28H,4,6,8H2,1H3,(H,29,32). The molecule has 3 aliphatic rings. The first kappa shape index (κ1) is 21.0. The fourth-order valence-electron chi connectivity index (χ4n) is 4.74. The number of amides is 2. The predicted octanol–water partition coefficient (Wildman–Crippen LogP) is 2.26. The van der Waals surface area contributed by atoms with Gasteiger partial charge in [0.2, 0.25) is 5.91 Å². The third-order valence-electron chi connectivity index (χ3n) is 6.56. The molecule has 0 saturated carbocycles. The van der Waals surface area contributed by atoms with Crippen LogP contribution >= 0.6 is 0 Å². The monoisotopic (exact) mass is 444 g/mol. The maximum atomic E-state index is 14.9. The number of likely N-dealkylation sites (N-methyl/N-ethyl adjacent to an activating group) is 1. The number of piperidine rings is 1. The molecule has 8 heteroatoms. The molecule has 7 nitrogen and oxygen atoms in total. The van der Waals surface area contributed by atoms with E-state index in [0.717, 1.165) is 18.4 Å². The third-order valence-corrected chi connectivity index (χ3v) is 6.56. The second-order valence-corrected chi connectivity index (χ2v) is 8.61. The number of hydrogen-bond acceptors (Lipinski definition) is 5. The van der Waals surface area contributed by atoms with Gasteiger partial charge < -0.3 is 10.2 Å². The SMILES string of the molecule is CN1C(=O)C(=O)c2ccc(-c3ccc(CC(C#N)NC(=O)C4NC5C=C4CC5)c(F)c3)cc21. The van der Waals surface area contributed by atoms with Crippen molar-refractivity contribution >= 4 is 23.3 Å². The lowest BCUT2D eigenvalue weighted by molar-refractivity contribution is -0.122. The number of carbonyl (C=O) groups is 3. The summed E-state index contributed by atoms with van der Waals surface area (Å²) in [6, 6.07) is 10.6. The molecule has 2 bridgehead atoms. The summed E-state index contributed by atoms with van der Waals surface area (Å²) in [7, 11) is 1.53. The van der Waals surface area contributed by atoms with E-state index in [1.807, 2.05) is 6.07 Å². The topological polar surface area (TPSA) is 102 Å². The van der Waals surface area contributed by atoms with Crippen LogP contribution in [0.5, 0.6) is 0 Å². The molecule has 2 aliphatic heterocycles. The number of hydrogen-bond donors (Lipinski definition) is 2. The van der Waals surface area contributed by atoms with Crippen LogP contribution in [0.1, 0.15) is 28.8 Å². The molecular formula is C25H21FN4O3. The Morgan fingerprint density at radius 1 is 1.27 bits per heavy atom. The smallest absolute Gasteiger partial charge is 0.299 e. The van der Waals surface area contributed by atoms with Crippen LogP contribution in [0.25, 0.3) is 11.1 Å².